The molecule has 2 rings (SSSR count). The van der Waals surface area contributed by atoms with Crippen LogP contribution in [0.2, 0.25) is 0 Å². The Morgan fingerprint density at radius 1 is 1.21 bits per heavy atom. The van der Waals surface area contributed by atoms with E-state index >= 15 is 0 Å². The summed E-state index contributed by atoms with van der Waals surface area (Å²) in [6.07, 6.45) is 1.13. The lowest BCUT2D eigenvalue weighted by Crippen LogP contribution is -2.08. The van der Waals surface area contributed by atoms with Gasteiger partial charge in [-0.1, -0.05) is 32.4 Å². The summed E-state index contributed by atoms with van der Waals surface area (Å²) in [5.41, 5.74) is 6.15. The summed E-state index contributed by atoms with van der Waals surface area (Å²) in [6.45, 7) is 11.9. The van der Waals surface area contributed by atoms with Crippen LogP contribution in [-0.2, 0) is 0 Å². The van der Waals surface area contributed by atoms with Crippen LogP contribution in [0.3, 0.4) is 0 Å². The molecule has 0 saturated carbocycles. The third-order valence-electron chi connectivity index (χ3n) is 3.50. The van der Waals surface area contributed by atoms with Crippen molar-refractivity contribution in [1.82, 2.24) is 4.98 Å². The van der Waals surface area contributed by atoms with Crippen molar-refractivity contribution in [1.29, 1.82) is 0 Å². The average Bonchev–Trinajstić information content (AvgIpc) is 2.35. The summed E-state index contributed by atoms with van der Waals surface area (Å²) in [4.78, 5) is 4.77. The molecule has 0 aliphatic rings. The normalized spacial score (nSPS) is 11.3. The van der Waals surface area contributed by atoms with Crippen LogP contribution in [0.1, 0.15) is 49.9 Å². The van der Waals surface area contributed by atoms with E-state index in [4.69, 9.17) is 4.98 Å². The van der Waals surface area contributed by atoms with Gasteiger partial charge in [-0.25, -0.2) is 0 Å². The van der Waals surface area contributed by atoms with Crippen LogP contribution in [0.25, 0.3) is 10.9 Å². The Labute approximate surface area is 116 Å². The lowest BCUT2D eigenvalue weighted by atomic mass is 9.96. The fourth-order valence-electron chi connectivity index (χ4n) is 2.66. The van der Waals surface area contributed by atoms with Crippen LogP contribution < -0.4 is 5.32 Å². The molecule has 102 valence electrons. The second kappa shape index (κ2) is 5.60. The molecule has 2 aromatic rings. The fraction of sp³-hybridized carbons (Fsp3) is 0.471. The summed E-state index contributed by atoms with van der Waals surface area (Å²) in [5, 5.41) is 4.87. The fourth-order valence-corrected chi connectivity index (χ4v) is 2.66. The highest BCUT2D eigenvalue weighted by atomic mass is 14.9. The number of anilines is 1. The van der Waals surface area contributed by atoms with E-state index in [-0.39, 0.29) is 0 Å². The first-order valence-corrected chi connectivity index (χ1v) is 7.19. The van der Waals surface area contributed by atoms with Crippen LogP contribution in [-0.4, -0.2) is 11.5 Å². The third kappa shape index (κ3) is 2.73. The Balaban J connectivity index is 2.72. The van der Waals surface area contributed by atoms with E-state index in [1.54, 1.807) is 0 Å². The van der Waals surface area contributed by atoms with Gasteiger partial charge >= 0.3 is 0 Å². The Kier molecular flexibility index (Phi) is 4.08. The van der Waals surface area contributed by atoms with Gasteiger partial charge < -0.3 is 5.32 Å². The van der Waals surface area contributed by atoms with Crippen LogP contribution in [0.15, 0.2) is 18.2 Å². The number of fused-ring (bicyclic) bond motifs is 1. The van der Waals surface area contributed by atoms with Gasteiger partial charge in [0.15, 0.2) is 0 Å². The highest BCUT2D eigenvalue weighted by Gasteiger charge is 2.15. The van der Waals surface area contributed by atoms with Gasteiger partial charge in [0.05, 0.1) is 5.52 Å². The highest BCUT2D eigenvalue weighted by molar-refractivity contribution is 5.94. The van der Waals surface area contributed by atoms with Crippen molar-refractivity contribution in [2.45, 2.75) is 47.0 Å². The van der Waals surface area contributed by atoms with Gasteiger partial charge in [-0.2, -0.15) is 0 Å². The van der Waals surface area contributed by atoms with E-state index in [2.05, 4.69) is 58.1 Å². The van der Waals surface area contributed by atoms with Crippen molar-refractivity contribution >= 4 is 16.6 Å². The van der Waals surface area contributed by atoms with Crippen LogP contribution in [0, 0.1) is 13.8 Å². The highest BCUT2D eigenvalue weighted by Crippen LogP contribution is 2.33. The maximum Gasteiger partial charge on any atom is 0.0726 e. The Morgan fingerprint density at radius 3 is 2.58 bits per heavy atom. The summed E-state index contributed by atoms with van der Waals surface area (Å²) >= 11 is 0. The SMILES string of the molecule is CCCNc1c(C(C)C)c(C)nc2ccc(C)cc12. The number of hydrogen-bond acceptors (Lipinski definition) is 2. The lowest BCUT2D eigenvalue weighted by molar-refractivity contribution is 0.844. The van der Waals surface area contributed by atoms with E-state index in [1.807, 2.05) is 0 Å². The number of hydrogen-bond donors (Lipinski definition) is 1. The van der Waals surface area contributed by atoms with E-state index < -0.39 is 0 Å². The van der Waals surface area contributed by atoms with Crippen LogP contribution in [0.5, 0.6) is 0 Å². The predicted molar refractivity (Wildman–Crippen MR) is 84.1 cm³/mol. The van der Waals surface area contributed by atoms with Crippen molar-refractivity contribution in [2.24, 2.45) is 0 Å². The van der Waals surface area contributed by atoms with E-state index in [9.17, 15) is 0 Å². The molecule has 2 heteroatoms. The average molecular weight is 256 g/mol. The monoisotopic (exact) mass is 256 g/mol. The molecule has 0 saturated heterocycles. The summed E-state index contributed by atoms with van der Waals surface area (Å²) in [6, 6.07) is 6.50. The van der Waals surface area contributed by atoms with E-state index in [1.165, 1.54) is 22.2 Å². The smallest absolute Gasteiger partial charge is 0.0726 e. The van der Waals surface area contributed by atoms with Crippen molar-refractivity contribution < 1.29 is 0 Å². The standard InChI is InChI=1S/C17H24N2/c1-6-9-18-17-14-10-12(4)7-8-15(14)19-13(5)16(17)11(2)3/h7-8,10-11H,6,9H2,1-5H3,(H,18,19). The maximum absolute atomic E-state index is 4.77. The second-order valence-corrected chi connectivity index (χ2v) is 5.59. The molecule has 1 N–H and O–H groups in total. The molecule has 19 heavy (non-hydrogen) atoms. The minimum absolute atomic E-state index is 0.483. The van der Waals surface area contributed by atoms with Gasteiger partial charge in [0, 0.05) is 23.3 Å². The number of pyridine rings is 1. The number of nitrogens with one attached hydrogen (secondary N) is 1. The van der Waals surface area contributed by atoms with Crippen LogP contribution in [0.4, 0.5) is 5.69 Å². The zero-order valence-electron chi connectivity index (χ0n) is 12.7. The van der Waals surface area contributed by atoms with Gasteiger partial charge in [-0.05, 0) is 43.9 Å². The van der Waals surface area contributed by atoms with E-state index in [0.29, 0.717) is 5.92 Å². The maximum atomic E-state index is 4.77. The molecule has 0 aliphatic carbocycles. The summed E-state index contributed by atoms with van der Waals surface area (Å²) in [7, 11) is 0. The summed E-state index contributed by atoms with van der Waals surface area (Å²) < 4.78 is 0. The molecule has 2 nitrogen and oxygen atoms in total. The Morgan fingerprint density at radius 2 is 1.95 bits per heavy atom. The zero-order chi connectivity index (χ0) is 14.0. The molecule has 0 amide bonds. The summed E-state index contributed by atoms with van der Waals surface area (Å²) in [5.74, 6) is 0.483. The molecule has 0 atom stereocenters. The van der Waals surface area contributed by atoms with Gasteiger partial charge in [0.25, 0.3) is 0 Å². The minimum atomic E-state index is 0.483. The molecular weight excluding hydrogens is 232 g/mol. The van der Waals surface area contributed by atoms with Gasteiger partial charge in [-0.15, -0.1) is 0 Å². The van der Waals surface area contributed by atoms with Gasteiger partial charge in [0.1, 0.15) is 0 Å². The second-order valence-electron chi connectivity index (χ2n) is 5.59. The predicted octanol–water partition coefficient (Wildman–Crippen LogP) is 4.80. The molecule has 0 spiro atoms. The van der Waals surface area contributed by atoms with Crippen molar-refractivity contribution in [3.8, 4) is 0 Å². The number of aromatic nitrogens is 1. The van der Waals surface area contributed by atoms with Crippen molar-refractivity contribution in [2.75, 3.05) is 11.9 Å². The molecule has 0 radical (unpaired) electrons. The molecule has 0 fully saturated rings. The zero-order valence-corrected chi connectivity index (χ0v) is 12.7. The molecule has 0 aliphatic heterocycles. The van der Waals surface area contributed by atoms with Gasteiger partial charge in [0.2, 0.25) is 0 Å². The molecule has 0 bridgehead atoms. The first-order chi connectivity index (χ1) is 9.04. The number of rotatable bonds is 4. The first kappa shape index (κ1) is 13.9. The van der Waals surface area contributed by atoms with Gasteiger partial charge in [-0.3, -0.25) is 4.98 Å². The van der Waals surface area contributed by atoms with Crippen molar-refractivity contribution in [3.05, 3.63) is 35.0 Å². The first-order valence-electron chi connectivity index (χ1n) is 7.19. The Hall–Kier alpha value is -1.57. The molecule has 1 aromatic carbocycles. The number of nitrogens with zero attached hydrogens (tertiary/aromatic N) is 1. The number of aryl methyl sites for hydroxylation is 2. The quantitative estimate of drug-likeness (QED) is 0.850. The van der Waals surface area contributed by atoms with Crippen LogP contribution >= 0.6 is 0 Å². The third-order valence-corrected chi connectivity index (χ3v) is 3.50. The number of benzene rings is 1. The molecule has 0 unspecified atom stereocenters. The minimum Gasteiger partial charge on any atom is -0.384 e. The molecule has 1 heterocycles. The Bertz CT molecular complexity index is 585. The molecular formula is C17H24N2. The van der Waals surface area contributed by atoms with Crippen molar-refractivity contribution in [3.63, 3.8) is 0 Å². The lowest BCUT2D eigenvalue weighted by Gasteiger charge is -2.19. The largest absolute Gasteiger partial charge is 0.384 e. The topological polar surface area (TPSA) is 24.9 Å². The van der Waals surface area contributed by atoms with E-state index in [0.717, 1.165) is 24.2 Å². The molecule has 1 aromatic heterocycles.